The minimum atomic E-state index is -0.0855. The lowest BCUT2D eigenvalue weighted by Gasteiger charge is -2.25. The number of rotatable bonds is 5. The van der Waals surface area contributed by atoms with Crippen molar-refractivity contribution in [3.63, 3.8) is 0 Å². The second kappa shape index (κ2) is 6.88. The molecule has 0 amide bonds. The minimum Gasteiger partial charge on any atom is -0.396 e. The summed E-state index contributed by atoms with van der Waals surface area (Å²) in [6.07, 6.45) is 3.17. The average Bonchev–Trinajstić information content (AvgIpc) is 2.41. The van der Waals surface area contributed by atoms with E-state index in [1.54, 1.807) is 0 Å². The normalized spacial score (nSPS) is 21.8. The summed E-state index contributed by atoms with van der Waals surface area (Å²) in [6, 6.07) is 8.22. The number of ether oxygens (including phenoxy) is 2. The van der Waals surface area contributed by atoms with Crippen LogP contribution in [-0.2, 0) is 9.47 Å². The molecule has 1 fully saturated rings. The van der Waals surface area contributed by atoms with Gasteiger partial charge in [0.15, 0.2) is 6.29 Å². The Bertz CT molecular complexity index is 359. The second-order valence-corrected chi connectivity index (χ2v) is 4.92. The predicted molar refractivity (Wildman–Crippen MR) is 70.5 cm³/mol. The van der Waals surface area contributed by atoms with Crippen molar-refractivity contribution in [1.29, 1.82) is 0 Å². The molecule has 0 radical (unpaired) electrons. The van der Waals surface area contributed by atoms with Gasteiger partial charge in [0, 0.05) is 12.5 Å². The highest BCUT2D eigenvalue weighted by atomic mass is 16.7. The van der Waals surface area contributed by atoms with Crippen molar-refractivity contribution in [2.45, 2.75) is 38.4 Å². The van der Waals surface area contributed by atoms with E-state index in [0.29, 0.717) is 6.61 Å². The summed E-state index contributed by atoms with van der Waals surface area (Å²) in [6.45, 7) is 3.47. The highest BCUT2D eigenvalue weighted by Gasteiger charge is 2.17. The Morgan fingerprint density at radius 3 is 3.00 bits per heavy atom. The fraction of sp³-hybridized carbons (Fsp3) is 0.600. The van der Waals surface area contributed by atoms with Crippen LogP contribution in [0.3, 0.4) is 0 Å². The number of aryl methyl sites for hydroxylation is 1. The molecule has 18 heavy (non-hydrogen) atoms. The fourth-order valence-corrected chi connectivity index (χ4v) is 2.24. The standard InChI is InChI=1S/C15H22O3/c1-12-5-4-6-13(9-12)14(10-16)11-18-15-7-2-3-8-17-15/h4-6,9,14-16H,2-3,7-8,10-11H2,1H3. The zero-order valence-corrected chi connectivity index (χ0v) is 11.0. The molecule has 1 heterocycles. The third-order valence-corrected chi connectivity index (χ3v) is 3.36. The van der Waals surface area contributed by atoms with Gasteiger partial charge in [0.25, 0.3) is 0 Å². The molecular formula is C15H22O3. The van der Waals surface area contributed by atoms with Crippen LogP contribution in [0.25, 0.3) is 0 Å². The van der Waals surface area contributed by atoms with Gasteiger partial charge in [0.2, 0.25) is 0 Å². The number of benzene rings is 1. The summed E-state index contributed by atoms with van der Waals surface area (Å²) in [5.74, 6) is 0.0374. The smallest absolute Gasteiger partial charge is 0.157 e. The van der Waals surface area contributed by atoms with Gasteiger partial charge in [-0.1, -0.05) is 29.8 Å². The summed E-state index contributed by atoms with van der Waals surface area (Å²) in [5.41, 5.74) is 2.34. The third-order valence-electron chi connectivity index (χ3n) is 3.36. The molecule has 3 heteroatoms. The first-order chi connectivity index (χ1) is 8.79. The SMILES string of the molecule is Cc1cccc(C(CO)COC2CCCCO2)c1. The Kier molecular flexibility index (Phi) is 5.17. The van der Waals surface area contributed by atoms with Gasteiger partial charge in [-0.2, -0.15) is 0 Å². The molecule has 0 aromatic heterocycles. The maximum absolute atomic E-state index is 9.48. The molecule has 1 aromatic rings. The third kappa shape index (κ3) is 3.80. The predicted octanol–water partition coefficient (Wildman–Crippen LogP) is 2.61. The molecule has 3 nitrogen and oxygen atoms in total. The van der Waals surface area contributed by atoms with Gasteiger partial charge in [-0.15, -0.1) is 0 Å². The molecule has 1 aliphatic rings. The molecule has 0 aliphatic carbocycles. The lowest BCUT2D eigenvalue weighted by atomic mass is 9.99. The average molecular weight is 250 g/mol. The molecule has 1 aliphatic heterocycles. The van der Waals surface area contributed by atoms with Gasteiger partial charge in [-0.05, 0) is 31.7 Å². The van der Waals surface area contributed by atoms with Crippen molar-refractivity contribution < 1.29 is 14.6 Å². The molecule has 2 unspecified atom stereocenters. The largest absolute Gasteiger partial charge is 0.396 e. The van der Waals surface area contributed by atoms with E-state index in [1.165, 1.54) is 12.0 Å². The van der Waals surface area contributed by atoms with Crippen LogP contribution in [0.15, 0.2) is 24.3 Å². The van der Waals surface area contributed by atoms with E-state index in [4.69, 9.17) is 9.47 Å². The van der Waals surface area contributed by atoms with Crippen molar-refractivity contribution in [3.05, 3.63) is 35.4 Å². The zero-order chi connectivity index (χ0) is 12.8. The van der Waals surface area contributed by atoms with Crippen LogP contribution >= 0.6 is 0 Å². The van der Waals surface area contributed by atoms with E-state index in [0.717, 1.165) is 25.0 Å². The molecule has 2 rings (SSSR count). The Morgan fingerprint density at radius 1 is 1.44 bits per heavy atom. The number of hydrogen-bond donors (Lipinski definition) is 1. The van der Waals surface area contributed by atoms with Crippen LogP contribution < -0.4 is 0 Å². The number of aliphatic hydroxyl groups is 1. The van der Waals surface area contributed by atoms with Crippen LogP contribution in [0.1, 0.15) is 36.3 Å². The molecule has 100 valence electrons. The lowest BCUT2D eigenvalue weighted by molar-refractivity contribution is -0.166. The summed E-state index contributed by atoms with van der Waals surface area (Å²) in [4.78, 5) is 0. The van der Waals surface area contributed by atoms with E-state index in [9.17, 15) is 5.11 Å². The van der Waals surface area contributed by atoms with Gasteiger partial charge in [0.05, 0.1) is 13.2 Å². The van der Waals surface area contributed by atoms with E-state index >= 15 is 0 Å². The zero-order valence-electron chi connectivity index (χ0n) is 11.0. The van der Waals surface area contributed by atoms with Crippen molar-refractivity contribution in [2.75, 3.05) is 19.8 Å². The first-order valence-corrected chi connectivity index (χ1v) is 6.70. The van der Waals surface area contributed by atoms with Gasteiger partial charge in [0.1, 0.15) is 0 Å². The molecule has 1 N–H and O–H groups in total. The summed E-state index contributed by atoms with van der Waals surface area (Å²) in [5, 5.41) is 9.48. The Balaban J connectivity index is 1.88. The van der Waals surface area contributed by atoms with E-state index in [1.807, 2.05) is 12.1 Å². The quantitative estimate of drug-likeness (QED) is 0.873. The monoisotopic (exact) mass is 250 g/mol. The summed E-state index contributed by atoms with van der Waals surface area (Å²) < 4.78 is 11.3. The van der Waals surface area contributed by atoms with Crippen LogP contribution in [-0.4, -0.2) is 31.2 Å². The Hall–Kier alpha value is -0.900. The summed E-state index contributed by atoms with van der Waals surface area (Å²) >= 11 is 0. The first kappa shape index (κ1) is 13.5. The number of aliphatic hydroxyl groups excluding tert-OH is 1. The molecule has 0 bridgehead atoms. The van der Waals surface area contributed by atoms with Crippen LogP contribution in [0, 0.1) is 6.92 Å². The van der Waals surface area contributed by atoms with E-state index < -0.39 is 0 Å². The van der Waals surface area contributed by atoms with Gasteiger partial charge in [-0.3, -0.25) is 0 Å². The van der Waals surface area contributed by atoms with Crippen LogP contribution in [0.2, 0.25) is 0 Å². The highest BCUT2D eigenvalue weighted by Crippen LogP contribution is 2.20. The van der Waals surface area contributed by atoms with Crippen LogP contribution in [0.5, 0.6) is 0 Å². The van der Waals surface area contributed by atoms with Crippen molar-refractivity contribution in [2.24, 2.45) is 0 Å². The molecule has 0 saturated carbocycles. The van der Waals surface area contributed by atoms with Crippen molar-refractivity contribution in [3.8, 4) is 0 Å². The minimum absolute atomic E-state index is 0.0374. The Labute approximate surface area is 109 Å². The van der Waals surface area contributed by atoms with Crippen molar-refractivity contribution >= 4 is 0 Å². The van der Waals surface area contributed by atoms with Gasteiger partial charge in [-0.25, -0.2) is 0 Å². The summed E-state index contributed by atoms with van der Waals surface area (Å²) in [7, 11) is 0. The lowest BCUT2D eigenvalue weighted by Crippen LogP contribution is -2.25. The first-order valence-electron chi connectivity index (χ1n) is 6.70. The molecular weight excluding hydrogens is 228 g/mol. The van der Waals surface area contributed by atoms with Crippen LogP contribution in [0.4, 0.5) is 0 Å². The topological polar surface area (TPSA) is 38.7 Å². The number of hydrogen-bond acceptors (Lipinski definition) is 3. The van der Waals surface area contributed by atoms with E-state index in [-0.39, 0.29) is 18.8 Å². The second-order valence-electron chi connectivity index (χ2n) is 4.92. The highest BCUT2D eigenvalue weighted by molar-refractivity contribution is 5.25. The maximum atomic E-state index is 9.48. The maximum Gasteiger partial charge on any atom is 0.157 e. The Morgan fingerprint density at radius 2 is 2.33 bits per heavy atom. The van der Waals surface area contributed by atoms with E-state index in [2.05, 4.69) is 19.1 Å². The van der Waals surface area contributed by atoms with Gasteiger partial charge >= 0.3 is 0 Å². The fourth-order valence-electron chi connectivity index (χ4n) is 2.24. The molecule has 1 aromatic carbocycles. The molecule has 1 saturated heterocycles. The molecule has 2 atom stereocenters. The molecule has 0 spiro atoms. The van der Waals surface area contributed by atoms with Gasteiger partial charge < -0.3 is 14.6 Å². The van der Waals surface area contributed by atoms with Crippen molar-refractivity contribution in [1.82, 2.24) is 0 Å².